The molecule has 0 unspecified atom stereocenters. The Hall–Kier alpha value is -4.58. The van der Waals surface area contributed by atoms with Crippen LogP contribution in [0.1, 0.15) is 32.1 Å². The summed E-state index contributed by atoms with van der Waals surface area (Å²) in [5.74, 6) is -0.319. The molecule has 4 rings (SSSR count). The van der Waals surface area contributed by atoms with E-state index >= 15 is 0 Å². The predicted octanol–water partition coefficient (Wildman–Crippen LogP) is 3.65. The molecule has 1 aliphatic heterocycles. The van der Waals surface area contributed by atoms with Crippen LogP contribution in [0, 0.1) is 13.8 Å². The van der Waals surface area contributed by atoms with Crippen molar-refractivity contribution in [1.82, 2.24) is 14.9 Å². The molecule has 1 fully saturated rings. The number of nitrogens with zero attached hydrogens (tertiary/aromatic N) is 5. The Morgan fingerprint density at radius 2 is 1.43 bits per heavy atom. The number of esters is 2. The van der Waals surface area contributed by atoms with Crippen molar-refractivity contribution < 1.29 is 19.1 Å². The van der Waals surface area contributed by atoms with Crippen LogP contribution in [0.2, 0.25) is 0 Å². The lowest BCUT2D eigenvalue weighted by Crippen LogP contribution is -2.51. The topological polar surface area (TPSA) is 121 Å². The third-order valence-corrected chi connectivity index (χ3v) is 6.33. The standard InChI is InChI=1S/C28H31N7O4S/c1-18-14-19(2)30-26(29-18)32-27(35-12-10-34(11-13-35)23-8-6-5-7-9-23)33-28(40)31-22-16-20(24(36)38-3)15-21(17-22)25(37)39-4/h5-9,14-17H,10-13H2,1-4H3,(H2,29,30,31,32,33,40). The van der Waals surface area contributed by atoms with Gasteiger partial charge in [-0.25, -0.2) is 19.6 Å². The minimum Gasteiger partial charge on any atom is -0.465 e. The summed E-state index contributed by atoms with van der Waals surface area (Å²) in [6.45, 7) is 6.71. The van der Waals surface area contributed by atoms with Crippen LogP contribution in [0.5, 0.6) is 0 Å². The van der Waals surface area contributed by atoms with Crippen LogP contribution < -0.4 is 15.5 Å². The number of benzene rings is 2. The van der Waals surface area contributed by atoms with Crippen molar-refractivity contribution in [2.24, 2.45) is 4.99 Å². The highest BCUT2D eigenvalue weighted by Crippen LogP contribution is 2.19. The highest BCUT2D eigenvalue weighted by molar-refractivity contribution is 7.80. The number of piperazine rings is 1. The number of hydrogen-bond acceptors (Lipinski definition) is 8. The van der Waals surface area contributed by atoms with Crippen molar-refractivity contribution in [3.63, 3.8) is 0 Å². The number of methoxy groups -OCH3 is 2. The first-order chi connectivity index (χ1) is 19.2. The largest absolute Gasteiger partial charge is 0.465 e. The second-order valence-corrected chi connectivity index (χ2v) is 9.44. The summed E-state index contributed by atoms with van der Waals surface area (Å²) >= 11 is 5.57. The van der Waals surface area contributed by atoms with Crippen molar-refractivity contribution >= 4 is 52.6 Å². The molecule has 0 atom stereocenters. The molecule has 0 aliphatic carbocycles. The molecule has 40 heavy (non-hydrogen) atoms. The van der Waals surface area contributed by atoms with Crippen LogP contribution in [0.15, 0.2) is 59.6 Å². The normalized spacial score (nSPS) is 13.4. The molecule has 0 spiro atoms. The van der Waals surface area contributed by atoms with E-state index < -0.39 is 11.9 Å². The van der Waals surface area contributed by atoms with Gasteiger partial charge in [0.1, 0.15) is 0 Å². The lowest BCUT2D eigenvalue weighted by Gasteiger charge is -2.37. The summed E-state index contributed by atoms with van der Waals surface area (Å²) in [4.78, 5) is 42.4. The van der Waals surface area contributed by atoms with Gasteiger partial charge in [-0.1, -0.05) is 18.2 Å². The van der Waals surface area contributed by atoms with Crippen LogP contribution >= 0.6 is 12.2 Å². The van der Waals surface area contributed by atoms with Gasteiger partial charge in [0.05, 0.1) is 25.3 Å². The van der Waals surface area contributed by atoms with Crippen LogP contribution in [0.25, 0.3) is 0 Å². The molecule has 3 aromatic rings. The van der Waals surface area contributed by atoms with Crippen molar-refractivity contribution in [1.29, 1.82) is 0 Å². The summed E-state index contributed by atoms with van der Waals surface area (Å²) in [6, 6.07) is 16.6. The van der Waals surface area contributed by atoms with Gasteiger partial charge in [0.15, 0.2) is 0 Å². The first-order valence-corrected chi connectivity index (χ1v) is 13.0. The average Bonchev–Trinajstić information content (AvgIpc) is 2.95. The molecule has 2 N–H and O–H groups in total. The first-order valence-electron chi connectivity index (χ1n) is 12.6. The zero-order chi connectivity index (χ0) is 28.6. The number of guanidine groups is 1. The van der Waals surface area contributed by atoms with E-state index in [0.29, 0.717) is 30.7 Å². The second-order valence-electron chi connectivity index (χ2n) is 9.06. The van der Waals surface area contributed by atoms with Crippen LogP contribution in [0.3, 0.4) is 0 Å². The Balaban J connectivity index is 1.59. The van der Waals surface area contributed by atoms with Gasteiger partial charge in [-0.3, -0.25) is 5.32 Å². The summed E-state index contributed by atoms with van der Waals surface area (Å²) in [5.41, 5.74) is 3.51. The smallest absolute Gasteiger partial charge is 0.337 e. The number of nitrogens with one attached hydrogen (secondary N) is 2. The van der Waals surface area contributed by atoms with Gasteiger partial charge in [0.2, 0.25) is 17.0 Å². The van der Waals surface area contributed by atoms with Gasteiger partial charge in [0, 0.05) is 48.9 Å². The number of rotatable bonds is 5. The van der Waals surface area contributed by atoms with Gasteiger partial charge in [0.25, 0.3) is 0 Å². The Morgan fingerprint density at radius 3 is 1.98 bits per heavy atom. The molecular formula is C28H31N7O4S. The molecule has 0 amide bonds. The molecule has 2 heterocycles. The number of hydrogen-bond donors (Lipinski definition) is 2. The summed E-state index contributed by atoms with van der Waals surface area (Å²) < 4.78 is 9.64. The molecule has 1 aliphatic rings. The molecule has 2 aromatic carbocycles. The molecule has 1 aromatic heterocycles. The minimum absolute atomic E-state index is 0.107. The van der Waals surface area contributed by atoms with E-state index in [1.54, 1.807) is 0 Å². The highest BCUT2D eigenvalue weighted by atomic mass is 32.1. The van der Waals surface area contributed by atoms with Gasteiger partial charge in [-0.15, -0.1) is 0 Å². The molecule has 0 radical (unpaired) electrons. The zero-order valence-corrected chi connectivity index (χ0v) is 23.6. The lowest BCUT2D eigenvalue weighted by atomic mass is 10.1. The first kappa shape index (κ1) is 28.4. The van der Waals surface area contributed by atoms with E-state index in [0.717, 1.165) is 30.2 Å². The Labute approximate surface area is 238 Å². The molecule has 1 saturated heterocycles. The number of aryl methyl sites for hydroxylation is 2. The van der Waals surface area contributed by atoms with Crippen LogP contribution in [-0.2, 0) is 9.47 Å². The Morgan fingerprint density at radius 1 is 0.850 bits per heavy atom. The summed E-state index contributed by atoms with van der Waals surface area (Å²) in [7, 11) is 2.53. The fourth-order valence-electron chi connectivity index (χ4n) is 4.29. The number of aliphatic imine (C=N–C) groups is 1. The maximum Gasteiger partial charge on any atom is 0.337 e. The van der Waals surface area contributed by atoms with E-state index in [-0.39, 0.29) is 16.2 Å². The van der Waals surface area contributed by atoms with E-state index in [1.807, 2.05) is 38.1 Å². The molecule has 208 valence electrons. The molecule has 11 nitrogen and oxygen atoms in total. The molecule has 0 saturated carbocycles. The van der Waals surface area contributed by atoms with E-state index in [9.17, 15) is 9.59 Å². The predicted molar refractivity (Wildman–Crippen MR) is 158 cm³/mol. The maximum absolute atomic E-state index is 12.2. The second kappa shape index (κ2) is 13.0. The minimum atomic E-state index is -0.603. The van der Waals surface area contributed by atoms with E-state index in [1.165, 1.54) is 32.4 Å². The number of aromatic nitrogens is 2. The van der Waals surface area contributed by atoms with E-state index in [2.05, 4.69) is 47.5 Å². The van der Waals surface area contributed by atoms with Crippen LogP contribution in [0.4, 0.5) is 17.3 Å². The molecule has 0 bridgehead atoms. The molecular weight excluding hydrogens is 530 g/mol. The summed E-state index contributed by atoms with van der Waals surface area (Å²) in [5, 5.41) is 6.35. The highest BCUT2D eigenvalue weighted by Gasteiger charge is 2.22. The number of carbonyl (C=O) groups excluding carboxylic acids is 2. The number of para-hydroxylation sites is 1. The zero-order valence-electron chi connectivity index (χ0n) is 22.8. The van der Waals surface area contributed by atoms with Gasteiger partial charge in [-0.05, 0) is 62.5 Å². The van der Waals surface area contributed by atoms with Crippen molar-refractivity contribution in [2.75, 3.05) is 55.9 Å². The Bertz CT molecular complexity index is 1370. The maximum atomic E-state index is 12.2. The summed E-state index contributed by atoms with van der Waals surface area (Å²) in [6.07, 6.45) is 0. The SMILES string of the molecule is COC(=O)c1cc(NC(=S)/N=C(\Nc2nc(C)cc(C)n2)N2CCN(c3ccccc3)CC2)cc(C(=O)OC)c1. The van der Waals surface area contributed by atoms with Gasteiger partial charge < -0.3 is 24.6 Å². The van der Waals surface area contributed by atoms with Gasteiger partial charge >= 0.3 is 11.9 Å². The number of ether oxygens (including phenoxy) is 2. The lowest BCUT2D eigenvalue weighted by molar-refractivity contribution is 0.0599. The van der Waals surface area contributed by atoms with E-state index in [4.69, 9.17) is 21.7 Å². The number of carbonyl (C=O) groups is 2. The van der Waals surface area contributed by atoms with Crippen molar-refractivity contribution in [3.05, 3.63) is 77.1 Å². The fraction of sp³-hybridized carbons (Fsp3) is 0.286. The third-order valence-electron chi connectivity index (χ3n) is 6.14. The van der Waals surface area contributed by atoms with Crippen molar-refractivity contribution in [3.8, 4) is 0 Å². The number of anilines is 3. The van der Waals surface area contributed by atoms with Gasteiger partial charge in [-0.2, -0.15) is 4.99 Å². The Kier molecular flexibility index (Phi) is 9.23. The quantitative estimate of drug-likeness (QED) is 0.205. The number of thiocarbonyl (C=S) groups is 1. The fourth-order valence-corrected chi connectivity index (χ4v) is 4.50. The van der Waals surface area contributed by atoms with Crippen molar-refractivity contribution in [2.45, 2.75) is 13.8 Å². The average molecular weight is 562 g/mol. The third kappa shape index (κ3) is 7.29. The van der Waals surface area contributed by atoms with Crippen LogP contribution in [-0.4, -0.2) is 78.3 Å². The molecule has 12 heteroatoms. The monoisotopic (exact) mass is 561 g/mol.